The topological polar surface area (TPSA) is 116 Å². The van der Waals surface area contributed by atoms with E-state index in [2.05, 4.69) is 5.32 Å². The van der Waals surface area contributed by atoms with Crippen LogP contribution in [-0.2, 0) is 14.4 Å². The Bertz CT molecular complexity index is 882. The summed E-state index contributed by atoms with van der Waals surface area (Å²) in [6, 6.07) is 5.49. The molecule has 0 radical (unpaired) electrons. The van der Waals surface area contributed by atoms with E-state index in [9.17, 15) is 19.2 Å². The molecular formula is C25H39N5O4. The first-order valence-corrected chi connectivity index (χ1v) is 11.9. The third kappa shape index (κ3) is 7.28. The Hall–Kier alpha value is -2.94. The van der Waals surface area contributed by atoms with E-state index < -0.39 is 12.1 Å². The van der Waals surface area contributed by atoms with Crippen molar-refractivity contribution in [2.75, 3.05) is 38.6 Å². The highest BCUT2D eigenvalue weighted by molar-refractivity contribution is 5.98. The SMILES string of the molecule is CC(C)C[C@H](NC(=O)c1ccc(N(C)C)cc1)C(=O)N1CC[C@H](C)N(C(=O)[C@H](C)N)CC(=O)C1. The predicted octanol–water partition coefficient (Wildman–Crippen LogP) is 1.26. The lowest BCUT2D eigenvalue weighted by Crippen LogP contribution is -2.56. The molecular weight excluding hydrogens is 434 g/mol. The molecule has 1 fully saturated rings. The molecule has 3 atom stereocenters. The van der Waals surface area contributed by atoms with E-state index in [1.807, 2.05) is 51.9 Å². The summed E-state index contributed by atoms with van der Waals surface area (Å²) in [5.41, 5.74) is 7.17. The van der Waals surface area contributed by atoms with Gasteiger partial charge < -0.3 is 25.8 Å². The Morgan fingerprint density at radius 1 is 1.09 bits per heavy atom. The van der Waals surface area contributed by atoms with Crippen molar-refractivity contribution in [1.29, 1.82) is 0 Å². The zero-order chi connectivity index (χ0) is 25.6. The molecule has 1 aliphatic rings. The number of rotatable bonds is 7. The minimum Gasteiger partial charge on any atom is -0.378 e. The molecule has 1 aromatic carbocycles. The van der Waals surface area contributed by atoms with Gasteiger partial charge in [-0.2, -0.15) is 0 Å². The van der Waals surface area contributed by atoms with Crippen LogP contribution in [0.5, 0.6) is 0 Å². The number of benzene rings is 1. The molecule has 0 spiro atoms. The van der Waals surface area contributed by atoms with E-state index >= 15 is 0 Å². The molecule has 1 heterocycles. The Balaban J connectivity index is 2.15. The van der Waals surface area contributed by atoms with E-state index in [0.29, 0.717) is 24.9 Å². The van der Waals surface area contributed by atoms with Crippen LogP contribution in [-0.4, -0.2) is 85.2 Å². The summed E-state index contributed by atoms with van der Waals surface area (Å²) >= 11 is 0. The van der Waals surface area contributed by atoms with Gasteiger partial charge in [-0.3, -0.25) is 19.2 Å². The van der Waals surface area contributed by atoms with E-state index in [1.165, 1.54) is 9.80 Å². The first-order chi connectivity index (χ1) is 15.9. The molecule has 3 amide bonds. The van der Waals surface area contributed by atoms with Gasteiger partial charge in [0.25, 0.3) is 5.91 Å². The molecule has 1 saturated heterocycles. The van der Waals surface area contributed by atoms with Crippen molar-refractivity contribution in [2.45, 2.75) is 58.7 Å². The van der Waals surface area contributed by atoms with Crippen LogP contribution in [0.15, 0.2) is 24.3 Å². The zero-order valence-corrected chi connectivity index (χ0v) is 21.2. The number of nitrogens with zero attached hydrogens (tertiary/aromatic N) is 3. The largest absolute Gasteiger partial charge is 0.378 e. The highest BCUT2D eigenvalue weighted by Crippen LogP contribution is 2.16. The standard InChI is InChI=1S/C25H39N5O4/c1-16(2)13-22(27-23(32)19-7-9-20(10-8-19)28(5)6)25(34)29-12-11-17(3)30(15-21(31)14-29)24(33)18(4)26/h7-10,16-18,22H,11-15,26H2,1-6H3,(H,27,32)/t17-,18-,22-/m0/s1. The fourth-order valence-corrected chi connectivity index (χ4v) is 4.00. The van der Waals surface area contributed by atoms with Crippen LogP contribution in [0.3, 0.4) is 0 Å². The number of carbonyl (C=O) groups excluding carboxylic acids is 4. The minimum atomic E-state index is -0.745. The van der Waals surface area contributed by atoms with E-state index in [1.54, 1.807) is 19.1 Å². The maximum atomic E-state index is 13.4. The van der Waals surface area contributed by atoms with Gasteiger partial charge in [0.05, 0.1) is 19.1 Å². The average molecular weight is 474 g/mol. The van der Waals surface area contributed by atoms with Gasteiger partial charge in [-0.05, 0) is 56.9 Å². The highest BCUT2D eigenvalue weighted by Gasteiger charge is 2.33. The molecule has 9 heteroatoms. The first kappa shape index (κ1) is 27.3. The molecule has 34 heavy (non-hydrogen) atoms. The van der Waals surface area contributed by atoms with Gasteiger partial charge in [-0.1, -0.05) is 13.8 Å². The van der Waals surface area contributed by atoms with E-state index in [-0.39, 0.29) is 48.6 Å². The van der Waals surface area contributed by atoms with Crippen molar-refractivity contribution >= 4 is 29.2 Å². The van der Waals surface area contributed by atoms with Crippen LogP contribution in [0.1, 0.15) is 50.9 Å². The minimum absolute atomic E-state index is 0.0786. The Morgan fingerprint density at radius 2 is 1.71 bits per heavy atom. The summed E-state index contributed by atoms with van der Waals surface area (Å²) < 4.78 is 0. The maximum Gasteiger partial charge on any atom is 0.251 e. The molecule has 0 aromatic heterocycles. The zero-order valence-electron chi connectivity index (χ0n) is 21.2. The van der Waals surface area contributed by atoms with Crippen molar-refractivity contribution < 1.29 is 19.2 Å². The number of Topliss-reactive ketones (excluding diaryl/α,β-unsaturated/α-hetero) is 1. The van der Waals surface area contributed by atoms with Crippen molar-refractivity contribution in [3.8, 4) is 0 Å². The second-order valence-electron chi connectivity index (χ2n) is 9.79. The molecule has 3 N–H and O–H groups in total. The molecule has 9 nitrogen and oxygen atoms in total. The molecule has 0 bridgehead atoms. The van der Waals surface area contributed by atoms with E-state index in [0.717, 1.165) is 5.69 Å². The van der Waals surface area contributed by atoms with Crippen molar-refractivity contribution in [3.63, 3.8) is 0 Å². The van der Waals surface area contributed by atoms with Crippen LogP contribution in [0, 0.1) is 5.92 Å². The van der Waals surface area contributed by atoms with Gasteiger partial charge in [0.15, 0.2) is 5.78 Å². The third-order valence-corrected chi connectivity index (χ3v) is 6.00. The van der Waals surface area contributed by atoms with Crippen molar-refractivity contribution in [3.05, 3.63) is 29.8 Å². The molecule has 1 aliphatic heterocycles. The number of hydrogen-bond donors (Lipinski definition) is 2. The van der Waals surface area contributed by atoms with Crippen LogP contribution in [0.4, 0.5) is 5.69 Å². The lowest BCUT2D eigenvalue weighted by atomic mass is 10.0. The van der Waals surface area contributed by atoms with Gasteiger partial charge in [0, 0.05) is 37.9 Å². The van der Waals surface area contributed by atoms with Gasteiger partial charge in [0.1, 0.15) is 6.04 Å². The number of hydrogen-bond acceptors (Lipinski definition) is 6. The second-order valence-corrected chi connectivity index (χ2v) is 9.79. The smallest absolute Gasteiger partial charge is 0.251 e. The number of nitrogens with one attached hydrogen (secondary N) is 1. The number of carbonyl (C=O) groups is 4. The number of amides is 3. The van der Waals surface area contributed by atoms with Gasteiger partial charge in [0.2, 0.25) is 11.8 Å². The van der Waals surface area contributed by atoms with Crippen molar-refractivity contribution in [2.24, 2.45) is 11.7 Å². The van der Waals surface area contributed by atoms with Crippen LogP contribution >= 0.6 is 0 Å². The van der Waals surface area contributed by atoms with Crippen molar-refractivity contribution in [1.82, 2.24) is 15.1 Å². The Labute approximate surface area is 202 Å². The summed E-state index contributed by atoms with van der Waals surface area (Å²) in [6.45, 7) is 7.55. The number of nitrogens with two attached hydrogens (primary N) is 1. The predicted molar refractivity (Wildman–Crippen MR) is 133 cm³/mol. The lowest BCUT2D eigenvalue weighted by molar-refractivity contribution is -0.143. The second kappa shape index (κ2) is 12.0. The molecule has 188 valence electrons. The monoisotopic (exact) mass is 473 g/mol. The Kier molecular flexibility index (Phi) is 9.61. The van der Waals surface area contributed by atoms with Gasteiger partial charge >= 0.3 is 0 Å². The number of anilines is 1. The average Bonchev–Trinajstić information content (AvgIpc) is 2.77. The van der Waals surface area contributed by atoms with E-state index in [4.69, 9.17) is 5.73 Å². The summed E-state index contributed by atoms with van der Waals surface area (Å²) in [6.07, 6.45) is 0.974. The summed E-state index contributed by atoms with van der Waals surface area (Å²) in [7, 11) is 3.84. The Morgan fingerprint density at radius 3 is 2.24 bits per heavy atom. The summed E-state index contributed by atoms with van der Waals surface area (Å²) in [5, 5.41) is 2.88. The third-order valence-electron chi connectivity index (χ3n) is 6.00. The number of ketones is 1. The normalized spacial score (nSPS) is 18.7. The molecule has 1 aromatic rings. The molecule has 0 saturated carbocycles. The van der Waals surface area contributed by atoms with Gasteiger partial charge in [-0.15, -0.1) is 0 Å². The quantitative estimate of drug-likeness (QED) is 0.616. The fraction of sp³-hybridized carbons (Fsp3) is 0.600. The summed E-state index contributed by atoms with van der Waals surface area (Å²) in [4.78, 5) is 56.4. The van der Waals surface area contributed by atoms with Crippen LogP contribution in [0.2, 0.25) is 0 Å². The molecule has 0 aliphatic carbocycles. The van der Waals surface area contributed by atoms with Crippen LogP contribution in [0.25, 0.3) is 0 Å². The lowest BCUT2D eigenvalue weighted by Gasteiger charge is -2.36. The molecule has 0 unspecified atom stereocenters. The van der Waals surface area contributed by atoms with Gasteiger partial charge in [-0.25, -0.2) is 0 Å². The highest BCUT2D eigenvalue weighted by atomic mass is 16.2. The van der Waals surface area contributed by atoms with Crippen LogP contribution < -0.4 is 16.0 Å². The fourth-order valence-electron chi connectivity index (χ4n) is 4.00. The maximum absolute atomic E-state index is 13.4. The molecule has 2 rings (SSSR count). The first-order valence-electron chi connectivity index (χ1n) is 11.9. The summed E-state index contributed by atoms with van der Waals surface area (Å²) in [5.74, 6) is -0.952.